The molecular formula is C22H30FN3O2. The minimum Gasteiger partial charge on any atom is -0.352 e. The molecule has 0 radical (unpaired) electrons. The zero-order valence-corrected chi connectivity index (χ0v) is 16.4. The average Bonchev–Trinajstić information content (AvgIpc) is 3.58. The first-order valence-electron chi connectivity index (χ1n) is 10.7. The molecule has 1 aromatic carbocycles. The van der Waals surface area contributed by atoms with E-state index in [2.05, 4.69) is 10.2 Å². The van der Waals surface area contributed by atoms with Crippen molar-refractivity contribution in [1.29, 1.82) is 0 Å². The second kappa shape index (κ2) is 8.60. The van der Waals surface area contributed by atoms with Crippen LogP contribution in [-0.4, -0.2) is 53.8 Å². The SMILES string of the molecule is O=C(NCc1ccccc1F)C1CCCN(C2CCN(C(=O)C3CC3)CC2)C1. The molecule has 5 nitrogen and oxygen atoms in total. The third-order valence-electron chi connectivity index (χ3n) is 6.45. The smallest absolute Gasteiger partial charge is 0.225 e. The lowest BCUT2D eigenvalue weighted by atomic mass is 9.93. The van der Waals surface area contributed by atoms with E-state index in [0.717, 1.165) is 64.7 Å². The zero-order chi connectivity index (χ0) is 19.5. The van der Waals surface area contributed by atoms with Crippen molar-refractivity contribution >= 4 is 11.8 Å². The second-order valence-corrected chi connectivity index (χ2v) is 8.47. The fourth-order valence-electron chi connectivity index (χ4n) is 4.56. The first-order valence-corrected chi connectivity index (χ1v) is 10.7. The van der Waals surface area contributed by atoms with Gasteiger partial charge < -0.3 is 10.2 Å². The number of benzene rings is 1. The van der Waals surface area contributed by atoms with E-state index in [9.17, 15) is 14.0 Å². The first kappa shape index (κ1) is 19.4. The maximum absolute atomic E-state index is 13.7. The van der Waals surface area contributed by atoms with Gasteiger partial charge in [0.15, 0.2) is 0 Å². The average molecular weight is 387 g/mol. The molecule has 2 amide bonds. The van der Waals surface area contributed by atoms with Crippen LogP contribution < -0.4 is 5.32 Å². The topological polar surface area (TPSA) is 52.7 Å². The highest BCUT2D eigenvalue weighted by Gasteiger charge is 2.37. The molecule has 0 bridgehead atoms. The molecule has 0 spiro atoms. The number of rotatable bonds is 5. The van der Waals surface area contributed by atoms with Gasteiger partial charge >= 0.3 is 0 Å². The predicted octanol–water partition coefficient (Wildman–Crippen LogP) is 2.55. The number of amides is 2. The summed E-state index contributed by atoms with van der Waals surface area (Å²) < 4.78 is 13.7. The molecule has 28 heavy (non-hydrogen) atoms. The van der Waals surface area contributed by atoms with Crippen LogP contribution in [0.5, 0.6) is 0 Å². The summed E-state index contributed by atoms with van der Waals surface area (Å²) in [7, 11) is 0. The lowest BCUT2D eigenvalue weighted by molar-refractivity contribution is -0.134. The third kappa shape index (κ3) is 4.54. The molecule has 3 aliphatic rings. The minimum atomic E-state index is -0.277. The Morgan fingerprint density at radius 1 is 1.00 bits per heavy atom. The molecule has 2 aliphatic heterocycles. The van der Waals surface area contributed by atoms with E-state index in [1.807, 2.05) is 4.90 Å². The van der Waals surface area contributed by atoms with E-state index in [-0.39, 0.29) is 24.2 Å². The van der Waals surface area contributed by atoms with Crippen molar-refractivity contribution in [3.05, 3.63) is 35.6 Å². The highest BCUT2D eigenvalue weighted by atomic mass is 19.1. The summed E-state index contributed by atoms with van der Waals surface area (Å²) in [6.45, 7) is 3.73. The predicted molar refractivity (Wildman–Crippen MR) is 105 cm³/mol. The van der Waals surface area contributed by atoms with Gasteiger partial charge in [-0.15, -0.1) is 0 Å². The maximum Gasteiger partial charge on any atom is 0.225 e. The molecule has 1 atom stereocenters. The van der Waals surface area contributed by atoms with Crippen LogP contribution in [0, 0.1) is 17.7 Å². The number of carbonyl (C=O) groups excluding carboxylic acids is 2. The van der Waals surface area contributed by atoms with Gasteiger partial charge in [0, 0.05) is 43.7 Å². The first-order chi connectivity index (χ1) is 13.6. The lowest BCUT2D eigenvalue weighted by Crippen LogP contribution is -2.51. The van der Waals surface area contributed by atoms with Crippen LogP contribution in [0.25, 0.3) is 0 Å². The van der Waals surface area contributed by atoms with Gasteiger partial charge in [-0.1, -0.05) is 18.2 Å². The van der Waals surface area contributed by atoms with E-state index in [1.165, 1.54) is 6.07 Å². The summed E-state index contributed by atoms with van der Waals surface area (Å²) in [5.41, 5.74) is 0.524. The fourth-order valence-corrected chi connectivity index (χ4v) is 4.56. The van der Waals surface area contributed by atoms with Crippen LogP contribution in [0.15, 0.2) is 24.3 Å². The molecule has 4 rings (SSSR count). The number of likely N-dealkylation sites (tertiary alicyclic amines) is 2. The van der Waals surface area contributed by atoms with Gasteiger partial charge in [0.25, 0.3) is 0 Å². The number of hydrogen-bond donors (Lipinski definition) is 1. The zero-order valence-electron chi connectivity index (χ0n) is 16.4. The fraction of sp³-hybridized carbons (Fsp3) is 0.636. The summed E-state index contributed by atoms with van der Waals surface area (Å²) in [5, 5.41) is 2.92. The Balaban J connectivity index is 1.25. The molecule has 0 aromatic heterocycles. The van der Waals surface area contributed by atoms with Crippen molar-refractivity contribution in [1.82, 2.24) is 15.1 Å². The quantitative estimate of drug-likeness (QED) is 0.845. The van der Waals surface area contributed by atoms with Gasteiger partial charge in [-0.25, -0.2) is 4.39 Å². The van der Waals surface area contributed by atoms with Crippen LogP contribution in [0.2, 0.25) is 0 Å². The van der Waals surface area contributed by atoms with Crippen molar-refractivity contribution in [3.8, 4) is 0 Å². The highest BCUT2D eigenvalue weighted by Crippen LogP contribution is 2.32. The molecular weight excluding hydrogens is 357 g/mol. The Hall–Kier alpha value is -1.95. The van der Waals surface area contributed by atoms with Gasteiger partial charge in [0.1, 0.15) is 5.82 Å². The summed E-state index contributed by atoms with van der Waals surface area (Å²) in [4.78, 5) is 29.3. The largest absolute Gasteiger partial charge is 0.352 e. The maximum atomic E-state index is 13.7. The number of nitrogens with one attached hydrogen (secondary N) is 1. The van der Waals surface area contributed by atoms with Crippen molar-refractivity contribution in [2.45, 2.75) is 51.1 Å². The van der Waals surface area contributed by atoms with Crippen molar-refractivity contribution < 1.29 is 14.0 Å². The van der Waals surface area contributed by atoms with Crippen LogP contribution in [0.1, 0.15) is 44.1 Å². The normalized spacial score (nSPS) is 24.2. The van der Waals surface area contributed by atoms with Crippen LogP contribution in [0.3, 0.4) is 0 Å². The highest BCUT2D eigenvalue weighted by molar-refractivity contribution is 5.81. The van der Waals surface area contributed by atoms with E-state index >= 15 is 0 Å². The molecule has 1 N–H and O–H groups in total. The monoisotopic (exact) mass is 387 g/mol. The van der Waals surface area contributed by atoms with Crippen molar-refractivity contribution in [2.75, 3.05) is 26.2 Å². The number of halogens is 1. The van der Waals surface area contributed by atoms with Gasteiger partial charge in [0.2, 0.25) is 11.8 Å². The molecule has 1 aromatic rings. The van der Waals surface area contributed by atoms with E-state index in [4.69, 9.17) is 0 Å². The standard InChI is InChI=1S/C22H30FN3O2/c23-20-6-2-1-4-17(20)14-24-21(27)18-5-3-11-26(15-18)19-9-12-25(13-10-19)22(28)16-7-8-16/h1-2,4,6,16,18-19H,3,5,7-15H2,(H,24,27). The molecule has 2 heterocycles. The van der Waals surface area contributed by atoms with Gasteiger partial charge in [-0.05, 0) is 51.1 Å². The molecule has 3 fully saturated rings. The van der Waals surface area contributed by atoms with E-state index in [1.54, 1.807) is 18.2 Å². The second-order valence-electron chi connectivity index (χ2n) is 8.47. The summed E-state index contributed by atoms with van der Waals surface area (Å²) in [6.07, 6.45) is 6.03. The van der Waals surface area contributed by atoms with Gasteiger partial charge in [-0.3, -0.25) is 14.5 Å². The molecule has 1 saturated carbocycles. The van der Waals surface area contributed by atoms with Gasteiger partial charge in [0.05, 0.1) is 5.92 Å². The Bertz CT molecular complexity index is 713. The van der Waals surface area contributed by atoms with Gasteiger partial charge in [-0.2, -0.15) is 0 Å². The summed E-state index contributed by atoms with van der Waals surface area (Å²) in [5.74, 6) is 0.359. The lowest BCUT2D eigenvalue weighted by Gasteiger charge is -2.42. The van der Waals surface area contributed by atoms with E-state index in [0.29, 0.717) is 23.4 Å². The minimum absolute atomic E-state index is 0.0225. The number of piperidine rings is 2. The summed E-state index contributed by atoms with van der Waals surface area (Å²) >= 11 is 0. The Morgan fingerprint density at radius 2 is 1.75 bits per heavy atom. The number of nitrogens with zero attached hydrogens (tertiary/aromatic N) is 2. The van der Waals surface area contributed by atoms with Crippen LogP contribution in [-0.2, 0) is 16.1 Å². The molecule has 1 unspecified atom stereocenters. The number of carbonyl (C=O) groups is 2. The molecule has 2 saturated heterocycles. The van der Waals surface area contributed by atoms with Crippen LogP contribution >= 0.6 is 0 Å². The van der Waals surface area contributed by atoms with Crippen molar-refractivity contribution in [2.24, 2.45) is 11.8 Å². The van der Waals surface area contributed by atoms with Crippen molar-refractivity contribution in [3.63, 3.8) is 0 Å². The summed E-state index contributed by atoms with van der Waals surface area (Å²) in [6, 6.07) is 7.03. The Labute approximate surface area is 166 Å². The Kier molecular flexibility index (Phi) is 5.95. The Morgan fingerprint density at radius 3 is 2.46 bits per heavy atom. The van der Waals surface area contributed by atoms with Crippen LogP contribution in [0.4, 0.5) is 4.39 Å². The van der Waals surface area contributed by atoms with E-state index < -0.39 is 0 Å². The molecule has 6 heteroatoms. The molecule has 152 valence electrons. The third-order valence-corrected chi connectivity index (χ3v) is 6.45. The molecule has 1 aliphatic carbocycles. The number of hydrogen-bond acceptors (Lipinski definition) is 3.